The van der Waals surface area contributed by atoms with E-state index in [0.717, 1.165) is 30.1 Å². The van der Waals surface area contributed by atoms with Gasteiger partial charge in [-0.25, -0.2) is 9.97 Å². The number of hydrogen-bond acceptors (Lipinski definition) is 11. The highest BCUT2D eigenvalue weighted by molar-refractivity contribution is 8.01. The van der Waals surface area contributed by atoms with Crippen molar-refractivity contribution in [3.05, 3.63) is 35.0 Å². The molecular formula is C18H17N5O3S4. The van der Waals surface area contributed by atoms with Gasteiger partial charge < -0.3 is 14.8 Å². The summed E-state index contributed by atoms with van der Waals surface area (Å²) in [7, 11) is 1.65. The Morgan fingerprint density at radius 1 is 1.27 bits per heavy atom. The summed E-state index contributed by atoms with van der Waals surface area (Å²) in [6.45, 7) is 3.01. The third-order valence-corrected chi connectivity index (χ3v) is 7.77. The minimum Gasteiger partial charge on any atom is -0.382 e. The zero-order chi connectivity index (χ0) is 20.9. The first-order valence-corrected chi connectivity index (χ1v) is 12.3. The molecule has 0 atom stereocenters. The van der Waals surface area contributed by atoms with Crippen molar-refractivity contribution in [3.63, 3.8) is 0 Å². The lowest BCUT2D eigenvalue weighted by Gasteiger charge is -2.02. The van der Waals surface area contributed by atoms with Crippen LogP contribution in [0.25, 0.3) is 20.1 Å². The molecule has 12 heteroatoms. The van der Waals surface area contributed by atoms with Gasteiger partial charge in [-0.15, -0.1) is 27.8 Å². The van der Waals surface area contributed by atoms with Gasteiger partial charge in [-0.1, -0.05) is 16.3 Å². The first kappa shape index (κ1) is 21.3. The highest BCUT2D eigenvalue weighted by atomic mass is 32.2. The number of nitrogens with one attached hydrogen (secondary N) is 1. The number of methoxy groups -OCH3 is 1. The van der Waals surface area contributed by atoms with Gasteiger partial charge >= 0.3 is 0 Å². The predicted molar refractivity (Wildman–Crippen MR) is 122 cm³/mol. The maximum Gasteiger partial charge on any atom is 0.275 e. The van der Waals surface area contributed by atoms with Gasteiger partial charge in [0.15, 0.2) is 4.34 Å². The molecule has 3 heterocycles. The van der Waals surface area contributed by atoms with Crippen molar-refractivity contribution in [1.29, 1.82) is 0 Å². The molecule has 30 heavy (non-hydrogen) atoms. The molecule has 1 amide bonds. The molecule has 4 aromatic rings. The summed E-state index contributed by atoms with van der Waals surface area (Å²) in [5, 5.41) is 9.40. The minimum absolute atomic E-state index is 0.252. The van der Waals surface area contributed by atoms with E-state index in [-0.39, 0.29) is 5.91 Å². The average molecular weight is 480 g/mol. The summed E-state index contributed by atoms with van der Waals surface area (Å²) in [5.41, 5.74) is 2.78. The van der Waals surface area contributed by atoms with Crippen molar-refractivity contribution in [2.24, 2.45) is 0 Å². The van der Waals surface area contributed by atoms with Gasteiger partial charge in [-0.3, -0.25) is 4.79 Å². The number of fused-ring (bicyclic) bond motifs is 1. The summed E-state index contributed by atoms with van der Waals surface area (Å²) in [5.74, 6) is 0.269. The van der Waals surface area contributed by atoms with E-state index in [2.05, 4.69) is 24.9 Å². The molecule has 0 radical (unpaired) electrons. The fourth-order valence-corrected chi connectivity index (χ4v) is 5.88. The Morgan fingerprint density at radius 2 is 2.17 bits per heavy atom. The van der Waals surface area contributed by atoms with Crippen molar-refractivity contribution < 1.29 is 14.3 Å². The Hall–Kier alpha value is -1.96. The lowest BCUT2D eigenvalue weighted by atomic mass is 10.3. The number of benzene rings is 1. The van der Waals surface area contributed by atoms with Crippen LogP contribution in [-0.4, -0.2) is 51.7 Å². The van der Waals surface area contributed by atoms with Crippen LogP contribution < -0.4 is 5.32 Å². The number of thiazole rings is 2. The molecule has 0 bridgehead atoms. The Morgan fingerprint density at radius 3 is 2.97 bits per heavy atom. The number of anilines is 1. The fraction of sp³-hybridized carbons (Fsp3) is 0.278. The molecule has 156 valence electrons. The van der Waals surface area contributed by atoms with Crippen LogP contribution in [0.5, 0.6) is 0 Å². The quantitative estimate of drug-likeness (QED) is 0.212. The summed E-state index contributed by atoms with van der Waals surface area (Å²) < 4.78 is 16.3. The van der Waals surface area contributed by atoms with Crippen molar-refractivity contribution >= 4 is 67.8 Å². The van der Waals surface area contributed by atoms with E-state index in [0.29, 0.717) is 30.5 Å². The molecule has 0 aliphatic carbocycles. The van der Waals surface area contributed by atoms with E-state index >= 15 is 0 Å². The monoisotopic (exact) mass is 479 g/mol. The van der Waals surface area contributed by atoms with Gasteiger partial charge in [0.05, 0.1) is 35.1 Å². The van der Waals surface area contributed by atoms with Crippen LogP contribution in [0.1, 0.15) is 16.2 Å². The molecule has 0 spiro atoms. The first-order chi connectivity index (χ1) is 14.6. The van der Waals surface area contributed by atoms with E-state index in [4.69, 9.17) is 9.47 Å². The van der Waals surface area contributed by atoms with Crippen LogP contribution >= 0.6 is 46.0 Å². The van der Waals surface area contributed by atoms with Crippen LogP contribution in [0.3, 0.4) is 0 Å². The SMILES string of the molecule is COCCOCSc1nc2ccc(NC(=O)c3csc(-c4snnc4C)n3)cc2s1. The molecule has 8 nitrogen and oxygen atoms in total. The fourth-order valence-electron chi connectivity index (χ4n) is 2.44. The third kappa shape index (κ3) is 5.02. The number of rotatable bonds is 9. The molecule has 0 fully saturated rings. The number of hydrogen-bond donors (Lipinski definition) is 1. The summed E-state index contributed by atoms with van der Waals surface area (Å²) in [6, 6.07) is 5.66. The van der Waals surface area contributed by atoms with Gasteiger partial charge in [0.2, 0.25) is 0 Å². The molecule has 0 aliphatic rings. The maximum atomic E-state index is 12.6. The van der Waals surface area contributed by atoms with E-state index < -0.39 is 0 Å². The zero-order valence-electron chi connectivity index (χ0n) is 16.1. The molecule has 0 aliphatic heterocycles. The van der Waals surface area contributed by atoms with Crippen LogP contribution in [0.15, 0.2) is 27.9 Å². The van der Waals surface area contributed by atoms with Crippen molar-refractivity contribution in [3.8, 4) is 9.88 Å². The third-order valence-electron chi connectivity index (χ3n) is 3.91. The summed E-state index contributed by atoms with van der Waals surface area (Å²) in [4.78, 5) is 22.5. The lowest BCUT2D eigenvalue weighted by Crippen LogP contribution is -2.12. The standard InChI is InChI=1S/C18H17N5O3S4/c1-10-15(30-23-22-10)17-20-13(8-27-17)16(24)19-11-3-4-12-14(7-11)29-18(21-12)28-9-26-6-5-25-2/h3-4,7-8H,5-6,9H2,1-2H3,(H,19,24). The molecular weight excluding hydrogens is 462 g/mol. The molecule has 1 N–H and O–H groups in total. The molecule has 4 rings (SSSR count). The Kier molecular flexibility index (Phi) is 7.02. The van der Waals surface area contributed by atoms with E-state index in [1.165, 1.54) is 22.9 Å². The number of carbonyl (C=O) groups is 1. The van der Waals surface area contributed by atoms with Crippen molar-refractivity contribution in [2.75, 3.05) is 31.6 Å². The highest BCUT2D eigenvalue weighted by Gasteiger charge is 2.16. The smallest absolute Gasteiger partial charge is 0.275 e. The number of carbonyl (C=O) groups excluding carboxylic acids is 1. The topological polar surface area (TPSA) is 99.1 Å². The Labute approximate surface area is 188 Å². The zero-order valence-corrected chi connectivity index (χ0v) is 19.3. The second kappa shape index (κ2) is 9.90. The Balaban J connectivity index is 1.40. The predicted octanol–water partition coefficient (Wildman–Crippen LogP) is 4.54. The lowest BCUT2D eigenvalue weighted by molar-refractivity contribution is 0.0953. The van der Waals surface area contributed by atoms with Gasteiger partial charge in [-0.2, -0.15) is 0 Å². The number of ether oxygens (including phenoxy) is 2. The van der Waals surface area contributed by atoms with E-state index in [9.17, 15) is 4.79 Å². The van der Waals surface area contributed by atoms with Crippen LogP contribution in [0.4, 0.5) is 5.69 Å². The number of thioether (sulfide) groups is 1. The molecule has 0 saturated heterocycles. The first-order valence-electron chi connectivity index (χ1n) is 8.80. The molecule has 0 saturated carbocycles. The minimum atomic E-state index is -0.252. The van der Waals surface area contributed by atoms with Crippen molar-refractivity contribution in [2.45, 2.75) is 11.3 Å². The largest absolute Gasteiger partial charge is 0.382 e. The maximum absolute atomic E-state index is 12.6. The van der Waals surface area contributed by atoms with Gasteiger partial charge in [0, 0.05) is 18.2 Å². The number of amides is 1. The second-order valence-electron chi connectivity index (χ2n) is 6.01. The summed E-state index contributed by atoms with van der Waals surface area (Å²) >= 11 is 5.79. The number of aryl methyl sites for hydroxylation is 1. The molecule has 1 aromatic carbocycles. The summed E-state index contributed by atoms with van der Waals surface area (Å²) in [6.07, 6.45) is 0. The number of nitrogens with zero attached hydrogens (tertiary/aromatic N) is 4. The Bertz CT molecular complexity index is 1160. The van der Waals surface area contributed by atoms with E-state index in [1.54, 1.807) is 35.6 Å². The average Bonchev–Trinajstić information content (AvgIpc) is 3.46. The van der Waals surface area contributed by atoms with Crippen LogP contribution in [0, 0.1) is 6.92 Å². The molecule has 0 unspecified atom stereocenters. The van der Waals surface area contributed by atoms with Gasteiger partial charge in [-0.05, 0) is 36.7 Å². The molecule has 3 aromatic heterocycles. The van der Waals surface area contributed by atoms with Gasteiger partial charge in [0.25, 0.3) is 5.91 Å². The van der Waals surface area contributed by atoms with Gasteiger partial charge in [0.1, 0.15) is 15.6 Å². The number of aromatic nitrogens is 4. The van der Waals surface area contributed by atoms with Crippen LogP contribution in [-0.2, 0) is 9.47 Å². The van der Waals surface area contributed by atoms with E-state index in [1.807, 2.05) is 25.1 Å². The second-order valence-corrected chi connectivity index (χ2v) is 9.82. The highest BCUT2D eigenvalue weighted by Crippen LogP contribution is 2.32. The normalized spacial score (nSPS) is 11.3. The van der Waals surface area contributed by atoms with Crippen LogP contribution in [0.2, 0.25) is 0 Å². The van der Waals surface area contributed by atoms with Crippen molar-refractivity contribution in [1.82, 2.24) is 19.6 Å².